The SMILES string of the molecule is CCOc1ccc(-n2c(SCC(=O)N/N=C(\C)c3cccc(Br)c3)nnc2-c2cccnc2)cc1. The smallest absolute Gasteiger partial charge is 0.250 e. The van der Waals surface area contributed by atoms with Crippen molar-refractivity contribution < 1.29 is 9.53 Å². The van der Waals surface area contributed by atoms with Crippen LogP contribution in [0.4, 0.5) is 0 Å². The number of amides is 1. The lowest BCUT2D eigenvalue weighted by atomic mass is 10.1. The van der Waals surface area contributed by atoms with Crippen LogP contribution in [0.1, 0.15) is 19.4 Å². The first-order valence-electron chi connectivity index (χ1n) is 10.9. The van der Waals surface area contributed by atoms with Gasteiger partial charge < -0.3 is 4.74 Å². The Bertz CT molecular complexity index is 1330. The van der Waals surface area contributed by atoms with Crippen LogP contribution in [0.5, 0.6) is 5.75 Å². The molecule has 8 nitrogen and oxygen atoms in total. The van der Waals surface area contributed by atoms with Crippen molar-refractivity contribution in [3.05, 3.63) is 83.1 Å². The summed E-state index contributed by atoms with van der Waals surface area (Å²) in [6, 6.07) is 19.2. The van der Waals surface area contributed by atoms with Crippen molar-refractivity contribution >= 4 is 39.3 Å². The molecule has 0 unspecified atom stereocenters. The minimum Gasteiger partial charge on any atom is -0.494 e. The van der Waals surface area contributed by atoms with Gasteiger partial charge in [-0.25, -0.2) is 5.43 Å². The number of halogens is 1. The highest BCUT2D eigenvalue weighted by atomic mass is 79.9. The van der Waals surface area contributed by atoms with Crippen LogP contribution < -0.4 is 10.2 Å². The minimum atomic E-state index is -0.242. The third-order valence-corrected chi connectivity index (χ3v) is 6.30. The number of carbonyl (C=O) groups is 1. The summed E-state index contributed by atoms with van der Waals surface area (Å²) in [5.41, 5.74) is 5.92. The molecule has 4 rings (SSSR count). The van der Waals surface area contributed by atoms with Crippen molar-refractivity contribution in [1.29, 1.82) is 0 Å². The molecule has 2 heterocycles. The molecular formula is C25H23BrN6O2S. The van der Waals surface area contributed by atoms with Gasteiger partial charge in [-0.05, 0) is 67.9 Å². The molecule has 10 heteroatoms. The highest BCUT2D eigenvalue weighted by Crippen LogP contribution is 2.28. The standard InChI is InChI=1S/C25H23BrN6O2S/c1-3-34-22-11-9-21(10-12-22)32-24(19-7-5-13-27-15-19)30-31-25(32)35-16-23(33)29-28-17(2)18-6-4-8-20(26)14-18/h4-15H,3,16H2,1-2H3,(H,29,33)/b28-17+. The highest BCUT2D eigenvalue weighted by Gasteiger charge is 2.17. The van der Waals surface area contributed by atoms with E-state index in [4.69, 9.17) is 4.74 Å². The molecule has 0 radical (unpaired) electrons. The van der Waals surface area contributed by atoms with Crippen LogP contribution in [0.2, 0.25) is 0 Å². The van der Waals surface area contributed by atoms with Gasteiger partial charge in [-0.3, -0.25) is 14.3 Å². The number of benzene rings is 2. The summed E-state index contributed by atoms with van der Waals surface area (Å²) >= 11 is 4.72. The summed E-state index contributed by atoms with van der Waals surface area (Å²) in [6.45, 7) is 4.38. The van der Waals surface area contributed by atoms with Crippen molar-refractivity contribution in [2.45, 2.75) is 19.0 Å². The molecule has 2 aromatic heterocycles. The average molecular weight is 551 g/mol. The van der Waals surface area contributed by atoms with Crippen LogP contribution >= 0.6 is 27.7 Å². The lowest BCUT2D eigenvalue weighted by molar-refractivity contribution is -0.118. The normalized spacial score (nSPS) is 11.3. The molecule has 0 atom stereocenters. The maximum Gasteiger partial charge on any atom is 0.250 e. The van der Waals surface area contributed by atoms with E-state index in [1.807, 2.05) is 79.1 Å². The Morgan fingerprint density at radius 1 is 1.14 bits per heavy atom. The molecule has 0 bridgehead atoms. The predicted molar refractivity (Wildman–Crippen MR) is 141 cm³/mol. The zero-order chi connectivity index (χ0) is 24.6. The number of rotatable bonds is 9. The van der Waals surface area contributed by atoms with Crippen LogP contribution in [-0.2, 0) is 4.79 Å². The second-order valence-corrected chi connectivity index (χ2v) is 9.20. The van der Waals surface area contributed by atoms with Gasteiger partial charge in [0.25, 0.3) is 5.91 Å². The predicted octanol–water partition coefficient (Wildman–Crippen LogP) is 5.12. The molecular weight excluding hydrogens is 528 g/mol. The Balaban J connectivity index is 1.52. The number of nitrogens with one attached hydrogen (secondary N) is 1. The van der Waals surface area contributed by atoms with Gasteiger partial charge in [-0.15, -0.1) is 10.2 Å². The Labute approximate surface area is 216 Å². The number of ether oxygens (including phenoxy) is 1. The molecule has 35 heavy (non-hydrogen) atoms. The molecule has 0 saturated carbocycles. The first-order valence-corrected chi connectivity index (χ1v) is 12.6. The second kappa shape index (κ2) is 11.8. The first-order chi connectivity index (χ1) is 17.0. The lowest BCUT2D eigenvalue weighted by Gasteiger charge is -2.11. The van der Waals surface area contributed by atoms with Gasteiger partial charge in [0.2, 0.25) is 0 Å². The Kier molecular flexibility index (Phi) is 8.27. The molecule has 0 aliphatic rings. The second-order valence-electron chi connectivity index (χ2n) is 7.34. The third-order valence-electron chi connectivity index (χ3n) is 4.88. The number of hydrogen-bond acceptors (Lipinski definition) is 7. The van der Waals surface area contributed by atoms with Crippen molar-refractivity contribution in [1.82, 2.24) is 25.2 Å². The van der Waals surface area contributed by atoms with Crippen LogP contribution in [0.25, 0.3) is 17.1 Å². The number of hydrazone groups is 1. The third kappa shape index (κ3) is 6.34. The van der Waals surface area contributed by atoms with E-state index in [0.717, 1.165) is 27.0 Å². The zero-order valence-electron chi connectivity index (χ0n) is 19.2. The molecule has 4 aromatic rings. The van der Waals surface area contributed by atoms with Gasteiger partial charge in [0.1, 0.15) is 5.75 Å². The number of thioether (sulfide) groups is 1. The summed E-state index contributed by atoms with van der Waals surface area (Å²) in [4.78, 5) is 16.7. The van der Waals surface area contributed by atoms with E-state index >= 15 is 0 Å². The van der Waals surface area contributed by atoms with Gasteiger partial charge in [0, 0.05) is 28.1 Å². The number of carbonyl (C=O) groups excluding carboxylic acids is 1. The fraction of sp³-hybridized carbons (Fsp3) is 0.160. The minimum absolute atomic E-state index is 0.122. The zero-order valence-corrected chi connectivity index (χ0v) is 21.6. The Hall–Kier alpha value is -3.50. The molecule has 0 spiro atoms. The van der Waals surface area contributed by atoms with Crippen molar-refractivity contribution in [2.75, 3.05) is 12.4 Å². The highest BCUT2D eigenvalue weighted by molar-refractivity contribution is 9.10. The molecule has 0 fully saturated rings. The largest absolute Gasteiger partial charge is 0.494 e. The summed E-state index contributed by atoms with van der Waals surface area (Å²) < 4.78 is 8.42. The van der Waals surface area contributed by atoms with Crippen molar-refractivity contribution in [3.8, 4) is 22.8 Å². The Morgan fingerprint density at radius 3 is 2.69 bits per heavy atom. The molecule has 0 aliphatic carbocycles. The molecule has 0 aliphatic heterocycles. The van der Waals surface area contributed by atoms with E-state index in [9.17, 15) is 4.79 Å². The van der Waals surface area contributed by atoms with Crippen molar-refractivity contribution in [3.63, 3.8) is 0 Å². The van der Waals surface area contributed by atoms with E-state index in [1.54, 1.807) is 12.4 Å². The number of nitrogens with zero attached hydrogens (tertiary/aromatic N) is 5. The van der Waals surface area contributed by atoms with E-state index in [2.05, 4.69) is 41.6 Å². The van der Waals surface area contributed by atoms with Gasteiger partial charge in [-0.2, -0.15) is 5.10 Å². The van der Waals surface area contributed by atoms with Crippen molar-refractivity contribution in [2.24, 2.45) is 5.10 Å². The maximum absolute atomic E-state index is 12.5. The maximum atomic E-state index is 12.5. The van der Waals surface area contributed by atoms with Crippen LogP contribution in [0.3, 0.4) is 0 Å². The van der Waals surface area contributed by atoms with E-state index in [0.29, 0.717) is 23.3 Å². The molecule has 0 saturated heterocycles. The Morgan fingerprint density at radius 2 is 1.97 bits per heavy atom. The summed E-state index contributed by atoms with van der Waals surface area (Å²) in [7, 11) is 0. The molecule has 1 N–H and O–H groups in total. The van der Waals surface area contributed by atoms with Crippen LogP contribution in [-0.4, -0.2) is 43.7 Å². The van der Waals surface area contributed by atoms with E-state index in [1.165, 1.54) is 11.8 Å². The van der Waals surface area contributed by atoms with E-state index < -0.39 is 0 Å². The van der Waals surface area contributed by atoms with Gasteiger partial charge >= 0.3 is 0 Å². The van der Waals surface area contributed by atoms with Gasteiger partial charge in [0.05, 0.1) is 18.1 Å². The van der Waals surface area contributed by atoms with Gasteiger partial charge in [0.15, 0.2) is 11.0 Å². The molecule has 2 aromatic carbocycles. The lowest BCUT2D eigenvalue weighted by Crippen LogP contribution is -2.21. The fourth-order valence-corrected chi connectivity index (χ4v) is 4.37. The van der Waals surface area contributed by atoms with E-state index in [-0.39, 0.29) is 11.7 Å². The first kappa shape index (κ1) is 24.6. The summed E-state index contributed by atoms with van der Waals surface area (Å²) in [5, 5.41) is 13.5. The molecule has 178 valence electrons. The monoisotopic (exact) mass is 550 g/mol. The summed E-state index contributed by atoms with van der Waals surface area (Å²) in [5.74, 6) is 1.29. The molecule has 1 amide bonds. The average Bonchev–Trinajstić information content (AvgIpc) is 3.31. The van der Waals surface area contributed by atoms with Gasteiger partial charge in [-0.1, -0.05) is 39.8 Å². The van der Waals surface area contributed by atoms with Crippen LogP contribution in [0, 0.1) is 0 Å². The number of pyridine rings is 1. The number of hydrogen-bond donors (Lipinski definition) is 1. The number of aromatic nitrogens is 4. The summed E-state index contributed by atoms with van der Waals surface area (Å²) in [6.07, 6.45) is 3.44. The topological polar surface area (TPSA) is 94.3 Å². The fourth-order valence-electron chi connectivity index (χ4n) is 3.22. The van der Waals surface area contributed by atoms with Crippen LogP contribution in [0.15, 0.2) is 87.8 Å². The quantitative estimate of drug-likeness (QED) is 0.176.